The molecular weight excluding hydrogens is 241 g/mol. The van der Waals surface area contributed by atoms with Crippen LogP contribution in [0.15, 0.2) is 30.3 Å². The number of rotatable bonds is 1. The van der Waals surface area contributed by atoms with E-state index in [1.807, 2.05) is 0 Å². The van der Waals surface area contributed by atoms with E-state index < -0.39 is 11.7 Å². The van der Waals surface area contributed by atoms with Crippen molar-refractivity contribution < 1.29 is 18.0 Å². The van der Waals surface area contributed by atoms with Gasteiger partial charge in [0.1, 0.15) is 0 Å². The standard InChI is InChI=1S/C14H13F3O/c15-14(16,17)12-6-3-5-10(8-12)11-4-1-2-7-13(18)9-11/h3,5-6,8-9H,1-2,4,7H2. The zero-order valence-electron chi connectivity index (χ0n) is 9.76. The molecule has 4 heteroatoms. The maximum Gasteiger partial charge on any atom is 0.416 e. The second-order valence-electron chi connectivity index (χ2n) is 4.42. The minimum Gasteiger partial charge on any atom is -0.295 e. The molecule has 0 amide bonds. The van der Waals surface area contributed by atoms with Gasteiger partial charge in [0, 0.05) is 6.42 Å². The highest BCUT2D eigenvalue weighted by Crippen LogP contribution is 2.32. The zero-order chi connectivity index (χ0) is 13.2. The lowest BCUT2D eigenvalue weighted by Crippen LogP contribution is -2.05. The Morgan fingerprint density at radius 3 is 2.50 bits per heavy atom. The molecule has 0 atom stereocenters. The van der Waals surface area contributed by atoms with Gasteiger partial charge < -0.3 is 0 Å². The van der Waals surface area contributed by atoms with Crippen LogP contribution in [0, 0.1) is 0 Å². The molecule has 96 valence electrons. The third-order valence-corrected chi connectivity index (χ3v) is 3.02. The maximum absolute atomic E-state index is 12.6. The number of carbonyl (C=O) groups excluding carboxylic acids is 1. The van der Waals surface area contributed by atoms with Crippen molar-refractivity contribution >= 4 is 11.4 Å². The number of hydrogen-bond acceptors (Lipinski definition) is 1. The Hall–Kier alpha value is -1.58. The van der Waals surface area contributed by atoms with Crippen molar-refractivity contribution in [3.8, 4) is 0 Å². The van der Waals surface area contributed by atoms with Crippen LogP contribution in [0.4, 0.5) is 13.2 Å². The zero-order valence-corrected chi connectivity index (χ0v) is 9.76. The summed E-state index contributed by atoms with van der Waals surface area (Å²) in [6.45, 7) is 0. The van der Waals surface area contributed by atoms with Crippen LogP contribution in [-0.4, -0.2) is 5.78 Å². The van der Waals surface area contributed by atoms with Crippen molar-refractivity contribution in [2.75, 3.05) is 0 Å². The molecule has 0 radical (unpaired) electrons. The van der Waals surface area contributed by atoms with E-state index >= 15 is 0 Å². The predicted molar refractivity (Wildman–Crippen MR) is 62.9 cm³/mol. The highest BCUT2D eigenvalue weighted by molar-refractivity contribution is 5.97. The Balaban J connectivity index is 2.36. The molecule has 1 aliphatic rings. The van der Waals surface area contributed by atoms with Gasteiger partial charge in [-0.3, -0.25) is 4.79 Å². The molecular formula is C14H13F3O. The second-order valence-corrected chi connectivity index (χ2v) is 4.42. The molecule has 1 aromatic rings. The first-order valence-electron chi connectivity index (χ1n) is 5.88. The minimum absolute atomic E-state index is 0.0000817. The maximum atomic E-state index is 12.6. The second kappa shape index (κ2) is 4.96. The molecule has 0 heterocycles. The Morgan fingerprint density at radius 1 is 1.06 bits per heavy atom. The van der Waals surface area contributed by atoms with Gasteiger partial charge in [-0.25, -0.2) is 0 Å². The number of allylic oxidation sites excluding steroid dienone is 2. The summed E-state index contributed by atoms with van der Waals surface area (Å²) < 4.78 is 37.8. The van der Waals surface area contributed by atoms with Crippen LogP contribution in [0.2, 0.25) is 0 Å². The van der Waals surface area contributed by atoms with Gasteiger partial charge >= 0.3 is 6.18 Å². The summed E-state index contributed by atoms with van der Waals surface area (Å²) in [5, 5.41) is 0. The van der Waals surface area contributed by atoms with Crippen LogP contribution < -0.4 is 0 Å². The number of halogens is 3. The van der Waals surface area contributed by atoms with Crippen molar-refractivity contribution in [1.29, 1.82) is 0 Å². The molecule has 0 spiro atoms. The van der Waals surface area contributed by atoms with Crippen LogP contribution in [0.5, 0.6) is 0 Å². The average Bonchev–Trinajstić information content (AvgIpc) is 2.53. The summed E-state index contributed by atoms with van der Waals surface area (Å²) in [5.41, 5.74) is 0.543. The highest BCUT2D eigenvalue weighted by atomic mass is 19.4. The van der Waals surface area contributed by atoms with Crippen molar-refractivity contribution in [2.45, 2.75) is 31.9 Å². The highest BCUT2D eigenvalue weighted by Gasteiger charge is 2.30. The monoisotopic (exact) mass is 254 g/mol. The summed E-state index contributed by atoms with van der Waals surface area (Å²) in [6.07, 6.45) is -0.0606. The minimum atomic E-state index is -4.34. The number of ketones is 1. The molecule has 18 heavy (non-hydrogen) atoms. The molecule has 0 aliphatic heterocycles. The molecule has 0 aromatic heterocycles. The molecule has 1 nitrogen and oxygen atoms in total. The molecule has 1 aliphatic carbocycles. The fourth-order valence-electron chi connectivity index (χ4n) is 2.08. The van der Waals surface area contributed by atoms with Crippen molar-refractivity contribution in [3.05, 3.63) is 41.5 Å². The van der Waals surface area contributed by atoms with Crippen molar-refractivity contribution in [2.24, 2.45) is 0 Å². The van der Waals surface area contributed by atoms with Gasteiger partial charge in [0.05, 0.1) is 5.56 Å². The van der Waals surface area contributed by atoms with E-state index in [0.717, 1.165) is 25.0 Å². The first-order valence-corrected chi connectivity index (χ1v) is 5.88. The van der Waals surface area contributed by atoms with E-state index in [0.29, 0.717) is 24.0 Å². The van der Waals surface area contributed by atoms with Crippen LogP contribution in [0.1, 0.15) is 36.8 Å². The quantitative estimate of drug-likeness (QED) is 0.732. The van der Waals surface area contributed by atoms with Crippen LogP contribution >= 0.6 is 0 Å². The van der Waals surface area contributed by atoms with Gasteiger partial charge in [-0.05, 0) is 48.6 Å². The SMILES string of the molecule is O=C1C=C(c2cccc(C(F)(F)F)c2)CCCC1. The molecule has 0 N–H and O–H groups in total. The number of alkyl halides is 3. The van der Waals surface area contributed by atoms with E-state index in [9.17, 15) is 18.0 Å². The Labute approximate surface area is 103 Å². The first kappa shape index (κ1) is 12.9. The molecule has 0 unspecified atom stereocenters. The lowest BCUT2D eigenvalue weighted by Gasteiger charge is -2.10. The van der Waals surface area contributed by atoms with Crippen LogP contribution in [0.3, 0.4) is 0 Å². The van der Waals surface area contributed by atoms with Gasteiger partial charge in [-0.1, -0.05) is 12.1 Å². The molecule has 0 saturated heterocycles. The molecule has 0 fully saturated rings. The topological polar surface area (TPSA) is 17.1 Å². The van der Waals surface area contributed by atoms with E-state index in [-0.39, 0.29) is 5.78 Å². The molecule has 1 aromatic carbocycles. The Kier molecular flexibility index (Phi) is 3.55. The molecule has 2 rings (SSSR count). The van der Waals surface area contributed by atoms with Crippen molar-refractivity contribution in [1.82, 2.24) is 0 Å². The van der Waals surface area contributed by atoms with Gasteiger partial charge in [-0.15, -0.1) is 0 Å². The lowest BCUT2D eigenvalue weighted by molar-refractivity contribution is -0.137. The predicted octanol–water partition coefficient (Wildman–Crippen LogP) is 4.23. The normalized spacial score (nSPS) is 17.3. The van der Waals surface area contributed by atoms with Gasteiger partial charge in [0.25, 0.3) is 0 Å². The van der Waals surface area contributed by atoms with E-state index in [2.05, 4.69) is 0 Å². The van der Waals surface area contributed by atoms with Crippen molar-refractivity contribution in [3.63, 3.8) is 0 Å². The third-order valence-electron chi connectivity index (χ3n) is 3.02. The lowest BCUT2D eigenvalue weighted by atomic mass is 9.99. The average molecular weight is 254 g/mol. The smallest absolute Gasteiger partial charge is 0.295 e. The fraction of sp³-hybridized carbons (Fsp3) is 0.357. The fourth-order valence-corrected chi connectivity index (χ4v) is 2.08. The van der Waals surface area contributed by atoms with Gasteiger partial charge in [-0.2, -0.15) is 13.2 Å². The summed E-state index contributed by atoms with van der Waals surface area (Å²) in [5.74, 6) is -0.0000817. The third kappa shape index (κ3) is 3.00. The van der Waals surface area contributed by atoms with E-state index in [1.54, 1.807) is 6.07 Å². The Bertz CT molecular complexity index is 486. The first-order chi connectivity index (χ1) is 8.47. The summed E-state index contributed by atoms with van der Waals surface area (Å²) >= 11 is 0. The number of carbonyl (C=O) groups is 1. The summed E-state index contributed by atoms with van der Waals surface area (Å²) in [6, 6.07) is 5.17. The van der Waals surface area contributed by atoms with Gasteiger partial charge in [0.15, 0.2) is 5.78 Å². The molecule has 0 bridgehead atoms. The number of hydrogen-bond donors (Lipinski definition) is 0. The van der Waals surface area contributed by atoms with E-state index in [1.165, 1.54) is 12.1 Å². The van der Waals surface area contributed by atoms with Gasteiger partial charge in [0.2, 0.25) is 0 Å². The summed E-state index contributed by atoms with van der Waals surface area (Å²) in [4.78, 5) is 11.5. The van der Waals surface area contributed by atoms with E-state index in [4.69, 9.17) is 0 Å². The summed E-state index contributed by atoms with van der Waals surface area (Å²) in [7, 11) is 0. The molecule has 0 saturated carbocycles. The Morgan fingerprint density at radius 2 is 1.78 bits per heavy atom. The largest absolute Gasteiger partial charge is 0.416 e. The number of benzene rings is 1. The van der Waals surface area contributed by atoms with Crippen LogP contribution in [-0.2, 0) is 11.0 Å². The van der Waals surface area contributed by atoms with Crippen LogP contribution in [0.25, 0.3) is 5.57 Å².